The first-order valence-electron chi connectivity index (χ1n) is 10.9. The van der Waals surface area contributed by atoms with Gasteiger partial charge in [0.25, 0.3) is 10.0 Å². The molecule has 3 rings (SSSR count). The summed E-state index contributed by atoms with van der Waals surface area (Å²) >= 11 is 0. The van der Waals surface area contributed by atoms with Crippen LogP contribution in [-0.2, 0) is 19.6 Å². The number of hydrogen-bond donors (Lipinski definition) is 1. The SMILES string of the molecule is COC(=O)c1cccc(NC(=O)CN(c2cc(OC)ccc2OC)S(=O)(=O)c2ccc(C)cc2)c1C. The van der Waals surface area contributed by atoms with Crippen molar-refractivity contribution >= 4 is 33.3 Å². The summed E-state index contributed by atoms with van der Waals surface area (Å²) in [5.41, 5.74) is 2.15. The van der Waals surface area contributed by atoms with E-state index >= 15 is 0 Å². The minimum atomic E-state index is -4.19. The van der Waals surface area contributed by atoms with Gasteiger partial charge < -0.3 is 19.5 Å². The number of ether oxygens (including phenoxy) is 3. The number of aryl methyl sites for hydroxylation is 1. The fraction of sp³-hybridized carbons (Fsp3) is 0.231. The first kappa shape index (κ1) is 26.6. The van der Waals surface area contributed by atoms with Gasteiger partial charge in [-0.05, 0) is 55.8 Å². The highest BCUT2D eigenvalue weighted by molar-refractivity contribution is 7.92. The van der Waals surface area contributed by atoms with E-state index in [0.29, 0.717) is 17.0 Å². The number of rotatable bonds is 9. The van der Waals surface area contributed by atoms with Crippen LogP contribution < -0.4 is 19.1 Å². The quantitative estimate of drug-likeness (QED) is 0.432. The number of nitrogens with zero attached hydrogens (tertiary/aromatic N) is 1. The van der Waals surface area contributed by atoms with E-state index in [0.717, 1.165) is 9.87 Å². The molecule has 0 saturated carbocycles. The Morgan fingerprint density at radius 1 is 0.917 bits per heavy atom. The van der Waals surface area contributed by atoms with Gasteiger partial charge in [-0.25, -0.2) is 13.2 Å². The summed E-state index contributed by atoms with van der Waals surface area (Å²) in [5.74, 6) is -0.547. The Morgan fingerprint density at radius 2 is 1.61 bits per heavy atom. The van der Waals surface area contributed by atoms with Crippen LogP contribution in [0.3, 0.4) is 0 Å². The Bertz CT molecular complexity index is 1370. The van der Waals surface area contributed by atoms with Crippen LogP contribution in [0.5, 0.6) is 11.5 Å². The van der Waals surface area contributed by atoms with Crippen LogP contribution in [0.2, 0.25) is 0 Å². The number of carbonyl (C=O) groups excluding carboxylic acids is 2. The fourth-order valence-electron chi connectivity index (χ4n) is 3.55. The monoisotopic (exact) mass is 512 g/mol. The number of amides is 1. The van der Waals surface area contributed by atoms with Crippen LogP contribution >= 0.6 is 0 Å². The summed E-state index contributed by atoms with van der Waals surface area (Å²) in [6, 6.07) is 15.8. The van der Waals surface area contributed by atoms with Crippen molar-refractivity contribution in [1.29, 1.82) is 0 Å². The van der Waals surface area contributed by atoms with Gasteiger partial charge in [0.1, 0.15) is 18.0 Å². The average Bonchev–Trinajstić information content (AvgIpc) is 2.87. The second-order valence-electron chi connectivity index (χ2n) is 7.88. The van der Waals surface area contributed by atoms with E-state index in [-0.39, 0.29) is 21.9 Å². The van der Waals surface area contributed by atoms with E-state index in [1.165, 1.54) is 39.5 Å². The molecule has 3 aromatic carbocycles. The predicted molar refractivity (Wildman–Crippen MR) is 136 cm³/mol. The molecule has 0 aromatic heterocycles. The Morgan fingerprint density at radius 3 is 2.22 bits per heavy atom. The topological polar surface area (TPSA) is 111 Å². The molecule has 0 spiro atoms. The lowest BCUT2D eigenvalue weighted by atomic mass is 10.1. The van der Waals surface area contributed by atoms with Gasteiger partial charge in [-0.1, -0.05) is 23.8 Å². The van der Waals surface area contributed by atoms with Gasteiger partial charge in [-0.2, -0.15) is 0 Å². The smallest absolute Gasteiger partial charge is 0.338 e. The molecule has 1 amide bonds. The molecule has 0 aliphatic heterocycles. The lowest BCUT2D eigenvalue weighted by molar-refractivity contribution is -0.114. The molecule has 10 heteroatoms. The molecular formula is C26H28N2O7S. The Labute approximate surface area is 210 Å². The number of esters is 1. The Balaban J connectivity index is 2.05. The van der Waals surface area contributed by atoms with Gasteiger partial charge in [-0.15, -0.1) is 0 Å². The molecule has 0 bridgehead atoms. The van der Waals surface area contributed by atoms with Gasteiger partial charge in [-0.3, -0.25) is 9.10 Å². The predicted octanol–water partition coefficient (Wildman–Crippen LogP) is 3.94. The molecule has 0 fully saturated rings. The van der Waals surface area contributed by atoms with Crippen LogP contribution in [0.15, 0.2) is 65.6 Å². The van der Waals surface area contributed by atoms with Gasteiger partial charge in [0, 0.05) is 11.8 Å². The molecule has 0 saturated heterocycles. The number of nitrogens with one attached hydrogen (secondary N) is 1. The van der Waals surface area contributed by atoms with Crippen LogP contribution in [0.25, 0.3) is 0 Å². The summed E-state index contributed by atoms with van der Waals surface area (Å²) in [7, 11) is -0.0634. The molecule has 0 atom stereocenters. The molecule has 0 aliphatic rings. The molecule has 3 aromatic rings. The van der Waals surface area contributed by atoms with Crippen molar-refractivity contribution in [3.8, 4) is 11.5 Å². The molecule has 0 aliphatic carbocycles. The number of anilines is 2. The summed E-state index contributed by atoms with van der Waals surface area (Å²) in [4.78, 5) is 25.2. The maximum atomic E-state index is 13.7. The van der Waals surface area contributed by atoms with Crippen molar-refractivity contribution in [2.24, 2.45) is 0 Å². The van der Waals surface area contributed by atoms with Crippen LogP contribution in [0, 0.1) is 13.8 Å². The largest absolute Gasteiger partial charge is 0.497 e. The lowest BCUT2D eigenvalue weighted by Gasteiger charge is -2.26. The van der Waals surface area contributed by atoms with Crippen molar-refractivity contribution < 1.29 is 32.2 Å². The third kappa shape index (κ3) is 5.60. The van der Waals surface area contributed by atoms with Gasteiger partial charge in [0.15, 0.2) is 0 Å². The summed E-state index contributed by atoms with van der Waals surface area (Å²) in [6.45, 7) is 2.94. The normalized spacial score (nSPS) is 10.9. The van der Waals surface area contributed by atoms with Crippen molar-refractivity contribution in [3.63, 3.8) is 0 Å². The molecule has 36 heavy (non-hydrogen) atoms. The standard InChI is InChI=1S/C26H28N2O7S/c1-17-9-12-20(13-10-17)36(31,32)28(23-15-19(33-3)11-14-24(23)34-4)16-25(29)27-22-8-6-7-21(18(22)2)26(30)35-5/h6-15H,16H2,1-5H3,(H,27,29). The number of sulfonamides is 1. The number of benzene rings is 3. The molecule has 9 nitrogen and oxygen atoms in total. The second-order valence-corrected chi connectivity index (χ2v) is 9.74. The zero-order valence-electron chi connectivity index (χ0n) is 20.7. The highest BCUT2D eigenvalue weighted by Gasteiger charge is 2.30. The first-order valence-corrected chi connectivity index (χ1v) is 12.4. The van der Waals surface area contributed by atoms with Crippen LogP contribution in [-0.4, -0.2) is 48.2 Å². The second kappa shape index (κ2) is 11.1. The maximum absolute atomic E-state index is 13.7. The summed E-state index contributed by atoms with van der Waals surface area (Å²) in [5, 5.41) is 2.70. The van der Waals surface area contributed by atoms with Crippen molar-refractivity contribution in [2.45, 2.75) is 18.7 Å². The van der Waals surface area contributed by atoms with Gasteiger partial charge in [0.2, 0.25) is 5.91 Å². The van der Waals surface area contributed by atoms with Crippen molar-refractivity contribution in [3.05, 3.63) is 77.4 Å². The van der Waals surface area contributed by atoms with Gasteiger partial charge in [0.05, 0.1) is 37.5 Å². The van der Waals surface area contributed by atoms with E-state index in [1.807, 2.05) is 6.92 Å². The van der Waals surface area contributed by atoms with Crippen molar-refractivity contribution in [1.82, 2.24) is 0 Å². The summed E-state index contributed by atoms with van der Waals surface area (Å²) in [6.07, 6.45) is 0. The van der Waals surface area contributed by atoms with E-state index < -0.39 is 28.4 Å². The molecular weight excluding hydrogens is 484 g/mol. The fourth-order valence-corrected chi connectivity index (χ4v) is 4.97. The lowest BCUT2D eigenvalue weighted by Crippen LogP contribution is -2.38. The Hall–Kier alpha value is -4.05. The number of carbonyl (C=O) groups is 2. The minimum Gasteiger partial charge on any atom is -0.497 e. The highest BCUT2D eigenvalue weighted by Crippen LogP contribution is 2.35. The molecule has 0 heterocycles. The zero-order valence-corrected chi connectivity index (χ0v) is 21.5. The third-order valence-electron chi connectivity index (χ3n) is 5.56. The third-order valence-corrected chi connectivity index (χ3v) is 7.34. The van der Waals surface area contributed by atoms with Crippen LogP contribution in [0.4, 0.5) is 11.4 Å². The van der Waals surface area contributed by atoms with Crippen molar-refractivity contribution in [2.75, 3.05) is 37.5 Å². The van der Waals surface area contributed by atoms with E-state index in [1.54, 1.807) is 49.4 Å². The molecule has 0 unspecified atom stereocenters. The maximum Gasteiger partial charge on any atom is 0.338 e. The zero-order chi connectivity index (χ0) is 26.5. The molecule has 0 radical (unpaired) electrons. The van der Waals surface area contributed by atoms with E-state index in [4.69, 9.17) is 14.2 Å². The van der Waals surface area contributed by atoms with E-state index in [2.05, 4.69) is 5.32 Å². The van der Waals surface area contributed by atoms with Gasteiger partial charge >= 0.3 is 5.97 Å². The minimum absolute atomic E-state index is 0.00893. The van der Waals surface area contributed by atoms with Crippen LogP contribution in [0.1, 0.15) is 21.5 Å². The van der Waals surface area contributed by atoms with E-state index in [9.17, 15) is 18.0 Å². The average molecular weight is 513 g/mol. The first-order chi connectivity index (χ1) is 17.1. The number of hydrogen-bond acceptors (Lipinski definition) is 7. The Kier molecular flexibility index (Phi) is 8.21. The molecule has 1 N–H and O–H groups in total. The summed E-state index contributed by atoms with van der Waals surface area (Å²) < 4.78 is 43.9. The highest BCUT2D eigenvalue weighted by atomic mass is 32.2. The number of methoxy groups -OCH3 is 3. The molecule has 190 valence electrons.